The average molecular weight is 509 g/mol. The molecule has 1 amide bonds. The fraction of sp³-hybridized carbons (Fsp3) is 0.160. The van der Waals surface area contributed by atoms with Gasteiger partial charge in [0.2, 0.25) is 5.91 Å². The van der Waals surface area contributed by atoms with Crippen molar-refractivity contribution >= 4 is 51.5 Å². The Morgan fingerprint density at radius 2 is 1.86 bits per heavy atom. The molecule has 0 unspecified atom stereocenters. The highest BCUT2D eigenvalue weighted by Gasteiger charge is 2.19. The Labute approximate surface area is 210 Å². The summed E-state index contributed by atoms with van der Waals surface area (Å²) in [6.45, 7) is 4.17. The molecule has 178 valence electrons. The van der Waals surface area contributed by atoms with Gasteiger partial charge in [-0.25, -0.2) is 4.98 Å². The van der Waals surface area contributed by atoms with E-state index in [1.807, 2.05) is 24.3 Å². The number of nitro benzene ring substituents is 1. The van der Waals surface area contributed by atoms with Crippen molar-refractivity contribution in [2.24, 2.45) is 0 Å². The number of hydrogen-bond acceptors (Lipinski definition) is 6. The lowest BCUT2D eigenvalue weighted by Gasteiger charge is -2.14. The van der Waals surface area contributed by atoms with Crippen molar-refractivity contribution in [2.45, 2.75) is 24.9 Å². The van der Waals surface area contributed by atoms with Gasteiger partial charge in [-0.05, 0) is 47.9 Å². The van der Waals surface area contributed by atoms with E-state index < -0.39 is 10.8 Å². The number of nitro groups is 1. The van der Waals surface area contributed by atoms with Crippen LogP contribution in [0.4, 0.5) is 11.4 Å². The van der Waals surface area contributed by atoms with Gasteiger partial charge in [0, 0.05) is 11.1 Å². The van der Waals surface area contributed by atoms with Gasteiger partial charge in [0.25, 0.3) is 11.2 Å². The number of fused-ring (bicyclic) bond motifs is 1. The molecule has 1 heterocycles. The number of nitrogens with one attached hydrogen (secondary N) is 1. The first-order valence-corrected chi connectivity index (χ1v) is 12.1. The SMILES string of the molecule is CC(C)c1ccc(-n2c(SCC(=O)Nc3ccc(Cl)cc3[N+](=O)[O-])nc3ccccc3c2=O)cc1. The molecule has 0 fully saturated rings. The van der Waals surface area contributed by atoms with Crippen molar-refractivity contribution in [3.63, 3.8) is 0 Å². The Hall–Kier alpha value is -3.69. The molecule has 0 aliphatic heterocycles. The number of anilines is 1. The number of para-hydroxylation sites is 1. The molecule has 0 bridgehead atoms. The zero-order valence-corrected chi connectivity index (χ0v) is 20.5. The second kappa shape index (κ2) is 10.3. The summed E-state index contributed by atoms with van der Waals surface area (Å²) < 4.78 is 1.48. The van der Waals surface area contributed by atoms with E-state index in [9.17, 15) is 19.7 Å². The molecule has 0 spiro atoms. The second-order valence-corrected chi connectivity index (χ2v) is 9.43. The highest BCUT2D eigenvalue weighted by molar-refractivity contribution is 7.99. The first kappa shape index (κ1) is 24.4. The van der Waals surface area contributed by atoms with E-state index in [0.717, 1.165) is 17.3 Å². The van der Waals surface area contributed by atoms with Crippen molar-refractivity contribution in [3.05, 3.63) is 97.8 Å². The number of aromatic nitrogens is 2. The normalized spacial score (nSPS) is 11.1. The Kier molecular flexibility index (Phi) is 7.18. The predicted molar refractivity (Wildman–Crippen MR) is 139 cm³/mol. The number of rotatable bonds is 7. The van der Waals surface area contributed by atoms with Gasteiger partial charge >= 0.3 is 0 Å². The zero-order chi connectivity index (χ0) is 25.1. The quantitative estimate of drug-likeness (QED) is 0.146. The number of halogens is 1. The first-order valence-electron chi connectivity index (χ1n) is 10.7. The Morgan fingerprint density at radius 3 is 2.54 bits per heavy atom. The van der Waals surface area contributed by atoms with Crippen LogP contribution in [0.3, 0.4) is 0 Å². The minimum absolute atomic E-state index is 0.0399. The molecule has 0 saturated heterocycles. The molecule has 0 atom stereocenters. The summed E-state index contributed by atoms with van der Waals surface area (Å²) in [5.41, 5.74) is 1.77. The van der Waals surface area contributed by atoms with Gasteiger partial charge in [0.1, 0.15) is 5.69 Å². The van der Waals surface area contributed by atoms with Crippen molar-refractivity contribution in [1.29, 1.82) is 0 Å². The molecule has 4 rings (SSSR count). The molecule has 35 heavy (non-hydrogen) atoms. The van der Waals surface area contributed by atoms with Crippen LogP contribution in [-0.2, 0) is 4.79 Å². The van der Waals surface area contributed by atoms with Crippen LogP contribution < -0.4 is 10.9 Å². The predicted octanol–water partition coefficient (Wildman–Crippen LogP) is 5.80. The summed E-state index contributed by atoms with van der Waals surface area (Å²) in [6.07, 6.45) is 0. The van der Waals surface area contributed by atoms with Gasteiger partial charge in [-0.3, -0.25) is 24.3 Å². The first-order chi connectivity index (χ1) is 16.7. The van der Waals surface area contributed by atoms with Crippen LogP contribution in [0.15, 0.2) is 76.7 Å². The molecular weight excluding hydrogens is 488 g/mol. The Bertz CT molecular complexity index is 1490. The monoisotopic (exact) mass is 508 g/mol. The highest BCUT2D eigenvalue weighted by atomic mass is 35.5. The van der Waals surface area contributed by atoms with Crippen LogP contribution in [0.25, 0.3) is 16.6 Å². The van der Waals surface area contributed by atoms with Crippen molar-refractivity contribution in [1.82, 2.24) is 9.55 Å². The third-order valence-corrected chi connectivity index (χ3v) is 6.50. The lowest BCUT2D eigenvalue weighted by Crippen LogP contribution is -2.23. The van der Waals surface area contributed by atoms with E-state index in [-0.39, 0.29) is 27.7 Å². The maximum atomic E-state index is 13.4. The summed E-state index contributed by atoms with van der Waals surface area (Å²) >= 11 is 6.91. The highest BCUT2D eigenvalue weighted by Crippen LogP contribution is 2.28. The standard InChI is InChI=1S/C25H21ClN4O4S/c1-15(2)16-7-10-18(11-8-16)29-24(32)19-5-3-4-6-20(19)28-25(29)35-14-23(31)27-21-12-9-17(26)13-22(21)30(33)34/h3-13,15H,14H2,1-2H3,(H,27,31). The molecule has 1 N–H and O–H groups in total. The average Bonchev–Trinajstić information content (AvgIpc) is 2.84. The summed E-state index contributed by atoms with van der Waals surface area (Å²) in [7, 11) is 0. The molecule has 1 aromatic heterocycles. The van der Waals surface area contributed by atoms with Gasteiger partial charge in [-0.15, -0.1) is 0 Å². The molecule has 0 aliphatic carbocycles. The molecule has 3 aromatic carbocycles. The summed E-state index contributed by atoms with van der Waals surface area (Å²) in [5, 5.41) is 14.8. The number of carbonyl (C=O) groups is 1. The van der Waals surface area contributed by atoms with E-state index >= 15 is 0 Å². The third kappa shape index (κ3) is 5.36. The Balaban J connectivity index is 1.66. The van der Waals surface area contributed by atoms with E-state index in [1.165, 1.54) is 22.8 Å². The van der Waals surface area contributed by atoms with Crippen LogP contribution in [-0.4, -0.2) is 26.1 Å². The van der Waals surface area contributed by atoms with E-state index in [4.69, 9.17) is 11.6 Å². The molecule has 0 radical (unpaired) electrons. The molecular formula is C25H21ClN4O4S. The second-order valence-electron chi connectivity index (χ2n) is 8.05. The summed E-state index contributed by atoms with van der Waals surface area (Å²) in [5.74, 6) is -0.260. The number of thioether (sulfide) groups is 1. The summed E-state index contributed by atoms with van der Waals surface area (Å²) in [4.78, 5) is 41.4. The van der Waals surface area contributed by atoms with Crippen LogP contribution in [0.2, 0.25) is 5.02 Å². The minimum atomic E-state index is -0.613. The number of benzene rings is 3. The zero-order valence-electron chi connectivity index (χ0n) is 18.9. The topological polar surface area (TPSA) is 107 Å². The molecule has 4 aromatic rings. The molecule has 0 saturated carbocycles. The maximum absolute atomic E-state index is 13.4. The lowest BCUT2D eigenvalue weighted by molar-refractivity contribution is -0.383. The molecule has 8 nitrogen and oxygen atoms in total. The van der Waals surface area contributed by atoms with Crippen molar-refractivity contribution in [2.75, 3.05) is 11.1 Å². The fourth-order valence-electron chi connectivity index (χ4n) is 3.52. The number of carbonyl (C=O) groups excluding carboxylic acids is 1. The van der Waals surface area contributed by atoms with Gasteiger partial charge in [-0.2, -0.15) is 0 Å². The Morgan fingerprint density at radius 1 is 1.14 bits per heavy atom. The lowest BCUT2D eigenvalue weighted by atomic mass is 10.0. The third-order valence-electron chi connectivity index (χ3n) is 5.33. The molecule has 0 aliphatic rings. The van der Waals surface area contributed by atoms with Gasteiger partial charge in [-0.1, -0.05) is 61.5 Å². The number of hydrogen-bond donors (Lipinski definition) is 1. The van der Waals surface area contributed by atoms with Crippen molar-refractivity contribution < 1.29 is 9.72 Å². The minimum Gasteiger partial charge on any atom is -0.320 e. The molecule has 10 heteroatoms. The number of amides is 1. The van der Waals surface area contributed by atoms with Crippen LogP contribution >= 0.6 is 23.4 Å². The fourth-order valence-corrected chi connectivity index (χ4v) is 4.50. The van der Waals surface area contributed by atoms with Crippen LogP contribution in [0.1, 0.15) is 25.3 Å². The van der Waals surface area contributed by atoms with E-state index in [0.29, 0.717) is 27.7 Å². The van der Waals surface area contributed by atoms with Crippen LogP contribution in [0.5, 0.6) is 0 Å². The van der Waals surface area contributed by atoms with E-state index in [1.54, 1.807) is 24.3 Å². The van der Waals surface area contributed by atoms with Gasteiger partial charge in [0.05, 0.1) is 27.3 Å². The smallest absolute Gasteiger partial charge is 0.294 e. The maximum Gasteiger partial charge on any atom is 0.294 e. The number of nitrogens with zero attached hydrogens (tertiary/aromatic N) is 3. The van der Waals surface area contributed by atoms with Crippen LogP contribution in [0, 0.1) is 10.1 Å². The largest absolute Gasteiger partial charge is 0.320 e. The van der Waals surface area contributed by atoms with Crippen molar-refractivity contribution in [3.8, 4) is 5.69 Å². The van der Waals surface area contributed by atoms with E-state index in [2.05, 4.69) is 24.1 Å². The van der Waals surface area contributed by atoms with Gasteiger partial charge in [0.15, 0.2) is 5.16 Å². The summed E-state index contributed by atoms with van der Waals surface area (Å²) in [6, 6.07) is 18.7. The van der Waals surface area contributed by atoms with Gasteiger partial charge < -0.3 is 5.32 Å².